The summed E-state index contributed by atoms with van der Waals surface area (Å²) in [5.74, 6) is 0.230. The van der Waals surface area contributed by atoms with Crippen molar-refractivity contribution in [3.63, 3.8) is 0 Å². The SMILES string of the molecule is Cc1nc(-c2cccc(-c3cc(F)ccc3C(F)(F)F)c2)n[nH]1. The van der Waals surface area contributed by atoms with Gasteiger partial charge in [0.1, 0.15) is 11.6 Å². The summed E-state index contributed by atoms with van der Waals surface area (Å²) in [6, 6.07) is 8.69. The van der Waals surface area contributed by atoms with Crippen molar-refractivity contribution < 1.29 is 17.6 Å². The lowest BCUT2D eigenvalue weighted by Crippen LogP contribution is -2.07. The molecular weight excluding hydrogens is 310 g/mol. The molecule has 2 aromatic carbocycles. The normalized spacial score (nSPS) is 11.7. The van der Waals surface area contributed by atoms with E-state index in [0.29, 0.717) is 17.2 Å². The molecule has 0 amide bonds. The maximum Gasteiger partial charge on any atom is 0.417 e. The Morgan fingerprint density at radius 1 is 1.00 bits per heavy atom. The molecule has 0 aliphatic rings. The summed E-state index contributed by atoms with van der Waals surface area (Å²) in [6.07, 6.45) is -4.57. The van der Waals surface area contributed by atoms with Crippen LogP contribution in [0.4, 0.5) is 17.6 Å². The Hall–Kier alpha value is -2.70. The van der Waals surface area contributed by atoms with Crippen molar-refractivity contribution in [2.75, 3.05) is 0 Å². The molecule has 0 saturated heterocycles. The van der Waals surface area contributed by atoms with Gasteiger partial charge >= 0.3 is 6.18 Å². The number of hydrogen-bond donors (Lipinski definition) is 1. The summed E-state index contributed by atoms with van der Waals surface area (Å²) in [5, 5.41) is 6.65. The molecule has 1 aromatic heterocycles. The smallest absolute Gasteiger partial charge is 0.263 e. The molecule has 0 spiro atoms. The van der Waals surface area contributed by atoms with Crippen molar-refractivity contribution >= 4 is 0 Å². The Labute approximate surface area is 129 Å². The van der Waals surface area contributed by atoms with Crippen LogP contribution in [0, 0.1) is 12.7 Å². The summed E-state index contributed by atoms with van der Waals surface area (Å²) < 4.78 is 52.9. The molecule has 118 valence electrons. The van der Waals surface area contributed by atoms with Gasteiger partial charge in [0.2, 0.25) is 0 Å². The summed E-state index contributed by atoms with van der Waals surface area (Å²) in [5.41, 5.74) is -0.310. The van der Waals surface area contributed by atoms with Gasteiger partial charge in [0.15, 0.2) is 5.82 Å². The maximum absolute atomic E-state index is 13.5. The summed E-state index contributed by atoms with van der Waals surface area (Å²) in [7, 11) is 0. The molecule has 0 unspecified atom stereocenters. The predicted molar refractivity (Wildman–Crippen MR) is 77.0 cm³/mol. The largest absolute Gasteiger partial charge is 0.417 e. The van der Waals surface area contributed by atoms with E-state index in [-0.39, 0.29) is 11.1 Å². The molecule has 3 aromatic rings. The van der Waals surface area contributed by atoms with Gasteiger partial charge in [0.05, 0.1) is 5.56 Å². The van der Waals surface area contributed by atoms with E-state index < -0.39 is 17.6 Å². The number of rotatable bonds is 2. The highest BCUT2D eigenvalue weighted by Crippen LogP contribution is 2.38. The summed E-state index contributed by atoms with van der Waals surface area (Å²) in [4.78, 5) is 4.14. The van der Waals surface area contributed by atoms with Crippen LogP contribution in [-0.4, -0.2) is 15.2 Å². The molecule has 0 atom stereocenters. The van der Waals surface area contributed by atoms with E-state index in [9.17, 15) is 17.6 Å². The van der Waals surface area contributed by atoms with Gasteiger partial charge in [0.25, 0.3) is 0 Å². The van der Waals surface area contributed by atoms with E-state index in [4.69, 9.17) is 0 Å². The lowest BCUT2D eigenvalue weighted by molar-refractivity contribution is -0.137. The van der Waals surface area contributed by atoms with Crippen LogP contribution in [0.3, 0.4) is 0 Å². The average molecular weight is 321 g/mol. The zero-order chi connectivity index (χ0) is 16.6. The number of nitrogens with zero attached hydrogens (tertiary/aromatic N) is 2. The zero-order valence-electron chi connectivity index (χ0n) is 11.9. The van der Waals surface area contributed by atoms with Crippen LogP contribution in [0.15, 0.2) is 42.5 Å². The van der Waals surface area contributed by atoms with Crippen LogP contribution in [0.25, 0.3) is 22.5 Å². The highest BCUT2D eigenvalue weighted by molar-refractivity contribution is 5.73. The number of aryl methyl sites for hydroxylation is 1. The highest BCUT2D eigenvalue weighted by atomic mass is 19.4. The Balaban J connectivity index is 2.14. The van der Waals surface area contributed by atoms with E-state index in [2.05, 4.69) is 15.2 Å². The number of benzene rings is 2. The fourth-order valence-corrected chi connectivity index (χ4v) is 2.30. The van der Waals surface area contributed by atoms with Crippen LogP contribution >= 0.6 is 0 Å². The van der Waals surface area contributed by atoms with Crippen molar-refractivity contribution in [2.45, 2.75) is 13.1 Å². The van der Waals surface area contributed by atoms with Gasteiger partial charge in [-0.2, -0.15) is 18.3 Å². The summed E-state index contributed by atoms with van der Waals surface area (Å²) in [6.45, 7) is 1.72. The van der Waals surface area contributed by atoms with Crippen molar-refractivity contribution in [1.29, 1.82) is 0 Å². The van der Waals surface area contributed by atoms with E-state index in [1.54, 1.807) is 19.1 Å². The van der Waals surface area contributed by atoms with Gasteiger partial charge in [-0.05, 0) is 42.3 Å². The molecule has 7 heteroatoms. The molecule has 0 aliphatic carbocycles. The van der Waals surface area contributed by atoms with Crippen molar-refractivity contribution in [3.8, 4) is 22.5 Å². The number of aromatic amines is 1. The fraction of sp³-hybridized carbons (Fsp3) is 0.125. The predicted octanol–water partition coefficient (Wildman–Crippen LogP) is 4.61. The molecule has 0 bridgehead atoms. The van der Waals surface area contributed by atoms with Crippen molar-refractivity contribution in [3.05, 3.63) is 59.7 Å². The number of alkyl halides is 3. The van der Waals surface area contributed by atoms with E-state index in [0.717, 1.165) is 18.2 Å². The van der Waals surface area contributed by atoms with Gasteiger partial charge in [-0.25, -0.2) is 9.37 Å². The number of hydrogen-bond acceptors (Lipinski definition) is 2. The minimum Gasteiger partial charge on any atom is -0.263 e. The first-order valence-corrected chi connectivity index (χ1v) is 6.71. The second-order valence-electron chi connectivity index (χ2n) is 5.01. The van der Waals surface area contributed by atoms with E-state index in [1.807, 2.05) is 0 Å². The number of aromatic nitrogens is 3. The number of nitrogens with one attached hydrogen (secondary N) is 1. The Morgan fingerprint density at radius 2 is 1.74 bits per heavy atom. The first-order chi connectivity index (χ1) is 10.8. The van der Waals surface area contributed by atoms with Gasteiger partial charge in [-0.3, -0.25) is 5.10 Å². The second kappa shape index (κ2) is 5.49. The molecule has 0 aliphatic heterocycles. The van der Waals surface area contributed by atoms with E-state index >= 15 is 0 Å². The van der Waals surface area contributed by atoms with Crippen LogP contribution in [0.2, 0.25) is 0 Å². The molecule has 1 heterocycles. The number of halogens is 4. The standard InChI is InChI=1S/C16H11F4N3/c1-9-21-15(23-22-9)11-4-2-3-10(7-11)13-8-12(17)5-6-14(13)16(18,19)20/h2-8H,1H3,(H,21,22,23). The molecular formula is C16H11F4N3. The molecule has 3 nitrogen and oxygen atoms in total. The van der Waals surface area contributed by atoms with Gasteiger partial charge < -0.3 is 0 Å². The monoisotopic (exact) mass is 321 g/mol. The molecule has 0 saturated carbocycles. The lowest BCUT2D eigenvalue weighted by Gasteiger charge is -2.13. The fourth-order valence-electron chi connectivity index (χ4n) is 2.30. The van der Waals surface area contributed by atoms with Crippen LogP contribution < -0.4 is 0 Å². The zero-order valence-corrected chi connectivity index (χ0v) is 11.9. The third kappa shape index (κ3) is 3.08. The Bertz CT molecular complexity index is 853. The molecule has 0 fully saturated rings. The minimum absolute atomic E-state index is 0.216. The average Bonchev–Trinajstić information content (AvgIpc) is 2.93. The summed E-state index contributed by atoms with van der Waals surface area (Å²) >= 11 is 0. The van der Waals surface area contributed by atoms with E-state index in [1.165, 1.54) is 12.1 Å². The molecule has 23 heavy (non-hydrogen) atoms. The van der Waals surface area contributed by atoms with Crippen LogP contribution in [0.5, 0.6) is 0 Å². The quantitative estimate of drug-likeness (QED) is 0.701. The van der Waals surface area contributed by atoms with Crippen molar-refractivity contribution in [2.24, 2.45) is 0 Å². The minimum atomic E-state index is -4.57. The van der Waals surface area contributed by atoms with Crippen molar-refractivity contribution in [1.82, 2.24) is 15.2 Å². The highest BCUT2D eigenvalue weighted by Gasteiger charge is 2.33. The van der Waals surface area contributed by atoms with Crippen LogP contribution in [-0.2, 0) is 6.18 Å². The molecule has 0 radical (unpaired) electrons. The molecule has 1 N–H and O–H groups in total. The topological polar surface area (TPSA) is 41.6 Å². The first-order valence-electron chi connectivity index (χ1n) is 6.71. The van der Waals surface area contributed by atoms with Gasteiger partial charge in [0, 0.05) is 5.56 Å². The maximum atomic E-state index is 13.5. The van der Waals surface area contributed by atoms with Crippen LogP contribution in [0.1, 0.15) is 11.4 Å². The molecule has 3 rings (SSSR count). The van der Waals surface area contributed by atoms with Gasteiger partial charge in [-0.15, -0.1) is 0 Å². The second-order valence-corrected chi connectivity index (χ2v) is 5.01. The Morgan fingerprint density at radius 3 is 2.39 bits per heavy atom. The third-order valence-corrected chi connectivity index (χ3v) is 3.32. The first kappa shape index (κ1) is 15.2. The van der Waals surface area contributed by atoms with Gasteiger partial charge in [-0.1, -0.05) is 18.2 Å². The third-order valence-electron chi connectivity index (χ3n) is 3.32. The Kier molecular flexibility index (Phi) is 3.63. The number of H-pyrrole nitrogens is 1. The lowest BCUT2D eigenvalue weighted by atomic mass is 9.97.